The molecule has 31 atom stereocenters. The zero-order valence-electron chi connectivity index (χ0n) is 89.0. The van der Waals surface area contributed by atoms with Crippen LogP contribution in [0.4, 0.5) is 0 Å². The van der Waals surface area contributed by atoms with Crippen molar-refractivity contribution in [2.45, 2.75) is 332 Å². The Bertz CT molecular complexity index is 4830. The maximum Gasteiger partial charge on any atom is 1.00 e. The minimum Gasteiger partial charge on any atom is -1.00 e. The number of amides is 2. The third-order valence-corrected chi connectivity index (χ3v) is 42.9. The predicted molar refractivity (Wildman–Crippen MR) is 519 cm³/mol. The average molecular weight is 2070 g/mol. The average Bonchev–Trinajstić information content (AvgIpc) is 1.52. The first-order valence-corrected chi connectivity index (χ1v) is 55.1. The number of hydrogen-bond acceptors (Lipinski definition) is 19. The molecule has 2 spiro atoms. The molecule has 2 saturated heterocycles. The Morgan fingerprint density at radius 2 is 0.807 bits per heavy atom. The molecule has 0 aromatic heterocycles. The van der Waals surface area contributed by atoms with Gasteiger partial charge in [-0.3, -0.25) is 62.3 Å². The van der Waals surface area contributed by atoms with Crippen molar-refractivity contribution in [1.82, 2.24) is 10.6 Å². The van der Waals surface area contributed by atoms with Gasteiger partial charge < -0.3 is 85.9 Å². The maximum atomic E-state index is 13.4. The van der Waals surface area contributed by atoms with E-state index in [-0.39, 0.29) is 223 Å². The summed E-state index contributed by atoms with van der Waals surface area (Å²) >= 11 is 0. The summed E-state index contributed by atoms with van der Waals surface area (Å²) < 4.78 is 32.3. The minimum absolute atomic E-state index is 0. The number of nitrogens with zero attached hydrogens (tertiary/aromatic N) is 1. The number of nitrogens with one attached hydrogen (secondary N) is 2. The molecule has 0 radical (unpaired) electrons. The van der Waals surface area contributed by atoms with Crippen LogP contribution in [0.15, 0.2) is 23.9 Å². The first-order valence-electron chi connectivity index (χ1n) is 52.3. The number of Topliss-reactive ketones (excluding diaryl/α,β-unsaturated/α-hetero) is 3. The summed E-state index contributed by atoms with van der Waals surface area (Å²) in [5.74, 6) is 3.30. The molecule has 26 nitrogen and oxygen atoms in total. The fourth-order valence-electron chi connectivity index (χ4n) is 35.4. The smallest absolute Gasteiger partial charge is 1.00 e. The van der Waals surface area contributed by atoms with Crippen molar-refractivity contribution in [3.8, 4) is 0 Å². The van der Waals surface area contributed by atoms with Crippen LogP contribution in [0.3, 0.4) is 0 Å². The number of carboxylic acid groups (broad SMARTS) is 4. The number of carboxylic acids is 4. The molecular formula is C110H170BrClN3NaO23S. The van der Waals surface area contributed by atoms with E-state index in [1.54, 1.807) is 23.3 Å². The van der Waals surface area contributed by atoms with Crippen molar-refractivity contribution in [3.63, 3.8) is 0 Å². The molecule has 784 valence electrons. The molecule has 7 N–H and O–H groups in total. The van der Waals surface area contributed by atoms with Crippen LogP contribution in [0, 0.1) is 183 Å². The van der Waals surface area contributed by atoms with E-state index in [9.17, 15) is 81.9 Å². The van der Waals surface area contributed by atoms with E-state index in [1.165, 1.54) is 28.4 Å². The number of ether oxygens (including phenoxy) is 4. The number of piperidine rings is 2. The van der Waals surface area contributed by atoms with Gasteiger partial charge in [-0.1, -0.05) is 81.9 Å². The molecule has 2 aliphatic heterocycles. The number of carbonyl (C=O) groups excluding carboxylic acids is 9. The Morgan fingerprint density at radius 3 is 1.22 bits per heavy atom. The van der Waals surface area contributed by atoms with E-state index < -0.39 is 55.8 Å². The summed E-state index contributed by atoms with van der Waals surface area (Å²) in [6, 6.07) is 0. The monoisotopic (exact) mass is 2070 g/mol. The van der Waals surface area contributed by atoms with Crippen molar-refractivity contribution >= 4 is 93.6 Å². The second-order valence-electron chi connectivity index (χ2n) is 50.3. The number of hydrogen-bond donors (Lipinski definition) is 7. The van der Waals surface area contributed by atoms with Gasteiger partial charge in [0.1, 0.15) is 56.9 Å². The van der Waals surface area contributed by atoms with Crippen molar-refractivity contribution in [3.05, 3.63) is 23.9 Å². The fourth-order valence-corrected chi connectivity index (χ4v) is 35.4. The number of ketones is 3. The summed E-state index contributed by atoms with van der Waals surface area (Å²) in [7, 11) is 8.27. The quantitative estimate of drug-likeness (QED) is 0.0162. The molecule has 2 amide bonds. The topological polar surface area (TPSA) is 404 Å². The first-order chi connectivity index (χ1) is 63.9. The van der Waals surface area contributed by atoms with Gasteiger partial charge in [-0.05, 0) is 340 Å². The van der Waals surface area contributed by atoms with Gasteiger partial charge in [0.25, 0.3) is 0 Å². The number of rotatable bonds is 14. The number of fused-ring (bicyclic) bond motifs is 20. The number of allylic oxidation sites excluding steroid dienone is 3. The molecule has 0 aromatic carbocycles. The van der Waals surface area contributed by atoms with E-state index in [1.807, 2.05) is 34.9 Å². The molecule has 19 aliphatic rings. The van der Waals surface area contributed by atoms with Crippen molar-refractivity contribution in [1.29, 1.82) is 0 Å². The van der Waals surface area contributed by atoms with Gasteiger partial charge in [-0.25, -0.2) is 4.58 Å². The van der Waals surface area contributed by atoms with Gasteiger partial charge in [-0.2, -0.15) is 0 Å². The minimum atomic E-state index is -1.42. The first kappa shape index (κ1) is 117. The van der Waals surface area contributed by atoms with E-state index in [4.69, 9.17) is 29.2 Å². The number of halogens is 2. The predicted octanol–water partition coefficient (Wildman–Crippen LogP) is 8.71. The third-order valence-electron chi connectivity index (χ3n) is 42.9. The Balaban J connectivity index is 0.000000191. The van der Waals surface area contributed by atoms with Gasteiger partial charge in [0.05, 0.1) is 68.0 Å². The number of aliphatic carboxylic acids is 4. The zero-order chi connectivity index (χ0) is 101. The summed E-state index contributed by atoms with van der Waals surface area (Å²) in [5.41, 5.74) is -1.69. The summed E-state index contributed by atoms with van der Waals surface area (Å²) in [4.78, 5) is 158. The van der Waals surface area contributed by atoms with Crippen LogP contribution in [0.2, 0.25) is 0 Å². The number of esters is 4. The summed E-state index contributed by atoms with van der Waals surface area (Å²) in [6.45, 7) is 29.3. The van der Waals surface area contributed by atoms with E-state index in [2.05, 4.69) is 78.5 Å². The second-order valence-corrected chi connectivity index (χ2v) is 53.8. The molecule has 30 heteroatoms. The van der Waals surface area contributed by atoms with Crippen molar-refractivity contribution in [2.75, 3.05) is 61.3 Å². The summed E-state index contributed by atoms with van der Waals surface area (Å²) in [5, 5.41) is 55.1. The van der Waals surface area contributed by atoms with E-state index in [0.717, 1.165) is 198 Å². The maximum absolute atomic E-state index is 13.4. The molecule has 18 fully saturated rings. The third kappa shape index (κ3) is 20.8. The molecule has 0 aromatic rings. The van der Waals surface area contributed by atoms with Crippen LogP contribution in [-0.4, -0.2) is 181 Å². The van der Waals surface area contributed by atoms with Gasteiger partial charge in [0, 0.05) is 82.1 Å². The Labute approximate surface area is 874 Å². The van der Waals surface area contributed by atoms with Crippen molar-refractivity contribution < 1.29 is 176 Å². The molecule has 16 saturated carbocycles. The molecule has 2 heterocycles. The molecule has 17 aliphatic carbocycles. The Morgan fingerprint density at radius 1 is 0.450 bits per heavy atom. The van der Waals surface area contributed by atoms with Crippen LogP contribution >= 0.6 is 0 Å². The number of aliphatic hydroxyl groups is 1. The van der Waals surface area contributed by atoms with Crippen LogP contribution in [0.25, 0.3) is 0 Å². The molecular weight excluding hydrogens is 1900 g/mol. The molecule has 16 unspecified atom stereocenters. The number of carbonyl (C=O) groups is 13. The standard InChI is InChI=1S/C22H33NO4.C22H32O5.C21H30O5.C20H30O5.C19H27NO3.C3H8N.C3H9OS.BrH.ClH.Na.H/c1-19-8-6-15-13(14(19)4-5-16(19)18(25)27-3)12-21(10-11-21)22(26)20(15,2)9-7-17(24)23-22;1-20-8-6-15-13(14(20)4-5-16(20)18(25)27-3)12-22(10-11-22)19(26)21(15,2)9-7-17(23)24;1-12-11-13-14-5-6-16(19(25)26-4)20(14,2)9-7-15(13)21(3,18(12)24)10-8-17(22)23;1-19-10-8-14-12(13(19)5-6-15(19)18(24)25-3)4-7-16(21)20(14,2)11-9-17(22)23;1-18-9-7-13-11(12(18)4-5-14(18)17(22)23)3-6-15-19(13,2)10-8-16(21)20-15;1-4(2)3;1-5(2,3)4;;;;/h13-16,26H,4-12H2,1-3H3,(H,23,24);13-16H,4-12H2,1-3H3,(H,23,24);13-16H,1,5-11H2,2-4H3,(H,22,23);12-15H,4-11H2,1-3H3,(H,22,23);6,11-14H,3-5,7-10H2,1-2H3,(H,20,21)(H,22,23);1H2,2-3H3;1-3H3;2*1H;;/q;;;;;2*+1;;;+1;-1/p-2/t13?,14?,15?,16-,19+,20-,22?;2*13?,14?,15?,16-,20+,21-;12?,13?,14?,15-,19+,20-;11?,12?,13?,14-,18+,19-;;;;;;/m11111....../s1. The van der Waals surface area contributed by atoms with Crippen LogP contribution < -0.4 is 69.6 Å². The van der Waals surface area contributed by atoms with Crippen LogP contribution in [0.1, 0.15) is 327 Å². The normalized spacial score (nSPS) is 42.8. The van der Waals surface area contributed by atoms with Crippen LogP contribution in [0.5, 0.6) is 0 Å². The molecule has 0 bridgehead atoms. The SMILES string of the molecule is C=C1CC2C(CC[C@@]3(C)C2CC[C@@H]3C(=O)OC)[C@@](C)(CCC(=O)O)C1=O.C=[N+](C)C.COC(=O)[C@H]1CCC2C3CC4(CC4)C(=O)[C@](C)(CCC(=O)O)C3CC[C@@]21C.COC(=O)[C@H]1CCC2C3CC4(CC4)C4(O)NC(=O)CC[C@]4(C)C3CC[C@@]21C.COC(=O)[C@H]1CCC2C3CCC(=O)[C@](C)(CCC(=O)O)C3CC[C@@]21C.C[C@]12CCC(=O)NC1=CCC1C2CC[C@@]2(C)C1CC[C@@H]2C(=O)O.C[S+](C)(C)=O.[Br-].[Cl-].[H-].[Na+]. The largest absolute Gasteiger partial charge is 1.00 e. The van der Waals surface area contributed by atoms with Gasteiger partial charge >= 0.3 is 77.3 Å². The summed E-state index contributed by atoms with van der Waals surface area (Å²) in [6.07, 6.45) is 39.8. The molecule has 19 rings (SSSR count). The van der Waals surface area contributed by atoms with Crippen LogP contribution in [-0.2, 0) is 95.4 Å². The second kappa shape index (κ2) is 43.1. The fraction of sp³-hybridized carbons (Fsp3) is 0.836. The van der Waals surface area contributed by atoms with E-state index in [0.29, 0.717) is 127 Å². The van der Waals surface area contributed by atoms with Crippen molar-refractivity contribution in [2.24, 2.45) is 183 Å². The van der Waals surface area contributed by atoms with Gasteiger partial charge in [-0.15, -0.1) is 4.21 Å². The molecule has 140 heavy (non-hydrogen) atoms. The van der Waals surface area contributed by atoms with Gasteiger partial charge in [0.2, 0.25) is 11.8 Å². The van der Waals surface area contributed by atoms with E-state index >= 15 is 0 Å². The Hall–Kier alpha value is -5.26. The number of methoxy groups -OCH3 is 4. The van der Waals surface area contributed by atoms with Gasteiger partial charge in [0.15, 0.2) is 5.78 Å². The Kier molecular flexibility index (Phi) is 35.9. The zero-order valence-corrected chi connectivity index (χ0v) is 93.2.